The lowest BCUT2D eigenvalue weighted by Gasteiger charge is -2.22. The SMILES string of the molecule is Cl.NCC1CCCN1CCOc1cccc(Cl)c1. The zero-order valence-electron chi connectivity index (χ0n) is 10.3. The average Bonchev–Trinajstić information content (AvgIpc) is 2.77. The van der Waals surface area contributed by atoms with Crippen LogP contribution in [0.15, 0.2) is 24.3 Å². The molecule has 18 heavy (non-hydrogen) atoms. The van der Waals surface area contributed by atoms with Crippen LogP contribution in [0.4, 0.5) is 0 Å². The van der Waals surface area contributed by atoms with Gasteiger partial charge < -0.3 is 10.5 Å². The lowest BCUT2D eigenvalue weighted by molar-refractivity contribution is 0.199. The molecule has 0 spiro atoms. The molecule has 1 aromatic carbocycles. The van der Waals surface area contributed by atoms with Gasteiger partial charge in [0, 0.05) is 24.2 Å². The Morgan fingerprint density at radius 2 is 2.28 bits per heavy atom. The van der Waals surface area contributed by atoms with Crippen molar-refractivity contribution < 1.29 is 4.74 Å². The molecule has 1 heterocycles. The molecule has 0 amide bonds. The zero-order valence-corrected chi connectivity index (χ0v) is 11.9. The number of ether oxygens (including phenoxy) is 1. The van der Waals surface area contributed by atoms with Gasteiger partial charge in [-0.2, -0.15) is 0 Å². The fraction of sp³-hybridized carbons (Fsp3) is 0.538. The number of hydrogen-bond acceptors (Lipinski definition) is 3. The van der Waals surface area contributed by atoms with Crippen molar-refractivity contribution in [1.82, 2.24) is 4.90 Å². The summed E-state index contributed by atoms with van der Waals surface area (Å²) < 4.78 is 5.67. The summed E-state index contributed by atoms with van der Waals surface area (Å²) in [5.74, 6) is 0.834. The normalized spacial score (nSPS) is 19.6. The number of benzene rings is 1. The molecule has 1 aliphatic rings. The molecule has 1 aliphatic heterocycles. The van der Waals surface area contributed by atoms with Crippen molar-refractivity contribution in [2.45, 2.75) is 18.9 Å². The number of likely N-dealkylation sites (tertiary alicyclic amines) is 1. The molecule has 1 atom stereocenters. The second-order valence-electron chi connectivity index (χ2n) is 4.37. The fourth-order valence-corrected chi connectivity index (χ4v) is 2.47. The molecule has 3 nitrogen and oxygen atoms in total. The van der Waals surface area contributed by atoms with Crippen LogP contribution in [0.1, 0.15) is 12.8 Å². The summed E-state index contributed by atoms with van der Waals surface area (Å²) in [7, 11) is 0. The van der Waals surface area contributed by atoms with Gasteiger partial charge in [-0.3, -0.25) is 4.90 Å². The van der Waals surface area contributed by atoms with Crippen LogP contribution in [0, 0.1) is 0 Å². The number of rotatable bonds is 5. The van der Waals surface area contributed by atoms with E-state index in [1.807, 2.05) is 24.3 Å². The van der Waals surface area contributed by atoms with Crippen LogP contribution in [-0.2, 0) is 0 Å². The highest BCUT2D eigenvalue weighted by Gasteiger charge is 2.22. The van der Waals surface area contributed by atoms with Crippen molar-refractivity contribution in [3.05, 3.63) is 29.3 Å². The Hall–Kier alpha value is -0.480. The van der Waals surface area contributed by atoms with Gasteiger partial charge in [0.25, 0.3) is 0 Å². The van der Waals surface area contributed by atoms with E-state index in [0.29, 0.717) is 17.7 Å². The van der Waals surface area contributed by atoms with Gasteiger partial charge in [0.05, 0.1) is 0 Å². The van der Waals surface area contributed by atoms with Crippen molar-refractivity contribution in [3.8, 4) is 5.75 Å². The summed E-state index contributed by atoms with van der Waals surface area (Å²) in [6.07, 6.45) is 2.46. The Morgan fingerprint density at radius 1 is 1.44 bits per heavy atom. The van der Waals surface area contributed by atoms with E-state index in [1.54, 1.807) is 0 Å². The quantitative estimate of drug-likeness (QED) is 0.906. The monoisotopic (exact) mass is 290 g/mol. The van der Waals surface area contributed by atoms with Gasteiger partial charge in [0.2, 0.25) is 0 Å². The molecule has 1 aromatic rings. The maximum absolute atomic E-state index is 5.89. The Morgan fingerprint density at radius 3 is 3.00 bits per heavy atom. The highest BCUT2D eigenvalue weighted by atomic mass is 35.5. The maximum atomic E-state index is 5.89. The summed E-state index contributed by atoms with van der Waals surface area (Å²) in [6.45, 7) is 3.52. The minimum absolute atomic E-state index is 0. The molecule has 2 rings (SSSR count). The largest absolute Gasteiger partial charge is 0.492 e. The van der Waals surface area contributed by atoms with E-state index in [-0.39, 0.29) is 12.4 Å². The van der Waals surface area contributed by atoms with Crippen LogP contribution in [0.25, 0.3) is 0 Å². The Bertz CT molecular complexity index is 363. The van der Waals surface area contributed by atoms with E-state index in [1.165, 1.54) is 12.8 Å². The molecule has 0 aliphatic carbocycles. The van der Waals surface area contributed by atoms with Crippen LogP contribution < -0.4 is 10.5 Å². The molecular formula is C13H20Cl2N2O. The van der Waals surface area contributed by atoms with Gasteiger partial charge in [-0.25, -0.2) is 0 Å². The van der Waals surface area contributed by atoms with Gasteiger partial charge in [0.1, 0.15) is 12.4 Å². The number of halogens is 2. The smallest absolute Gasteiger partial charge is 0.120 e. The first-order valence-electron chi connectivity index (χ1n) is 6.12. The summed E-state index contributed by atoms with van der Waals surface area (Å²) in [6, 6.07) is 8.05. The third-order valence-corrected chi connectivity index (χ3v) is 3.45. The third kappa shape index (κ3) is 4.32. The summed E-state index contributed by atoms with van der Waals surface area (Å²) >= 11 is 5.89. The zero-order chi connectivity index (χ0) is 12.1. The van der Waals surface area contributed by atoms with Crippen LogP contribution >= 0.6 is 24.0 Å². The van der Waals surface area contributed by atoms with E-state index in [9.17, 15) is 0 Å². The van der Waals surface area contributed by atoms with E-state index in [4.69, 9.17) is 22.1 Å². The van der Waals surface area contributed by atoms with Crippen molar-refractivity contribution in [1.29, 1.82) is 0 Å². The summed E-state index contributed by atoms with van der Waals surface area (Å²) in [5, 5.41) is 0.712. The first-order chi connectivity index (χ1) is 8.29. The van der Waals surface area contributed by atoms with Gasteiger partial charge >= 0.3 is 0 Å². The van der Waals surface area contributed by atoms with E-state index in [2.05, 4.69) is 4.90 Å². The average molecular weight is 291 g/mol. The molecule has 1 unspecified atom stereocenters. The topological polar surface area (TPSA) is 38.5 Å². The second kappa shape index (κ2) is 7.85. The number of nitrogens with zero attached hydrogens (tertiary/aromatic N) is 1. The van der Waals surface area contributed by atoms with Crippen LogP contribution in [0.5, 0.6) is 5.75 Å². The Kier molecular flexibility index (Phi) is 6.79. The third-order valence-electron chi connectivity index (χ3n) is 3.21. The Labute approximate surface area is 120 Å². The molecule has 0 bridgehead atoms. The minimum atomic E-state index is 0. The molecule has 1 saturated heterocycles. The van der Waals surface area contributed by atoms with Crippen LogP contribution in [-0.4, -0.2) is 37.2 Å². The molecule has 1 fully saturated rings. The van der Waals surface area contributed by atoms with Crippen LogP contribution in [0.3, 0.4) is 0 Å². The van der Waals surface area contributed by atoms with Crippen LogP contribution in [0.2, 0.25) is 5.02 Å². The first-order valence-corrected chi connectivity index (χ1v) is 6.50. The fourth-order valence-electron chi connectivity index (χ4n) is 2.29. The van der Waals surface area contributed by atoms with Gasteiger partial charge in [-0.15, -0.1) is 12.4 Å². The molecule has 5 heteroatoms. The van der Waals surface area contributed by atoms with Gasteiger partial charge in [-0.05, 0) is 37.6 Å². The highest BCUT2D eigenvalue weighted by molar-refractivity contribution is 6.30. The Balaban J connectivity index is 0.00000162. The first kappa shape index (κ1) is 15.6. The lowest BCUT2D eigenvalue weighted by Crippen LogP contribution is -2.37. The molecule has 2 N–H and O–H groups in total. The molecule has 0 aromatic heterocycles. The molecule has 0 radical (unpaired) electrons. The standard InChI is InChI=1S/C13H19ClN2O.ClH/c14-11-3-1-5-13(9-11)17-8-7-16-6-2-4-12(16)10-15;/h1,3,5,9,12H,2,4,6-8,10,15H2;1H. The maximum Gasteiger partial charge on any atom is 0.120 e. The summed E-state index contributed by atoms with van der Waals surface area (Å²) in [5.41, 5.74) is 5.73. The van der Waals surface area contributed by atoms with E-state index >= 15 is 0 Å². The summed E-state index contributed by atoms with van der Waals surface area (Å²) in [4.78, 5) is 2.41. The number of nitrogens with two attached hydrogens (primary N) is 1. The lowest BCUT2D eigenvalue weighted by atomic mass is 10.2. The van der Waals surface area contributed by atoms with E-state index in [0.717, 1.165) is 25.4 Å². The van der Waals surface area contributed by atoms with Crippen molar-refractivity contribution in [2.24, 2.45) is 5.73 Å². The van der Waals surface area contributed by atoms with Gasteiger partial charge in [0.15, 0.2) is 0 Å². The van der Waals surface area contributed by atoms with Crippen molar-refractivity contribution in [3.63, 3.8) is 0 Å². The number of hydrogen-bond donors (Lipinski definition) is 1. The molecule has 0 saturated carbocycles. The minimum Gasteiger partial charge on any atom is -0.492 e. The second-order valence-corrected chi connectivity index (χ2v) is 4.81. The van der Waals surface area contributed by atoms with E-state index < -0.39 is 0 Å². The van der Waals surface area contributed by atoms with Gasteiger partial charge in [-0.1, -0.05) is 17.7 Å². The molecular weight excluding hydrogens is 271 g/mol. The molecule has 102 valence electrons. The predicted octanol–water partition coefficient (Wildman–Crippen LogP) is 2.56. The highest BCUT2D eigenvalue weighted by Crippen LogP contribution is 2.18. The predicted molar refractivity (Wildman–Crippen MR) is 77.8 cm³/mol. The van der Waals surface area contributed by atoms with Crippen molar-refractivity contribution in [2.75, 3.05) is 26.2 Å². The van der Waals surface area contributed by atoms with Crippen molar-refractivity contribution >= 4 is 24.0 Å².